The van der Waals surface area contributed by atoms with Crippen molar-refractivity contribution in [3.8, 4) is 0 Å². The van der Waals surface area contributed by atoms with E-state index in [0.717, 1.165) is 0 Å². The number of ether oxygens (including phenoxy) is 1. The predicted octanol–water partition coefficient (Wildman–Crippen LogP) is -0.812. The van der Waals surface area contributed by atoms with Crippen LogP contribution < -0.4 is 10.6 Å². The van der Waals surface area contributed by atoms with Gasteiger partial charge >= 0.3 is 11.7 Å². The van der Waals surface area contributed by atoms with Gasteiger partial charge in [0.1, 0.15) is 0 Å². The van der Waals surface area contributed by atoms with E-state index in [1.165, 1.54) is 0 Å². The number of hydrogen-bond acceptors (Lipinski definition) is 6. The molecule has 1 fully saturated rings. The summed E-state index contributed by atoms with van der Waals surface area (Å²) in [7, 11) is 0. The topological polar surface area (TPSA) is 93.5 Å². The van der Waals surface area contributed by atoms with Crippen LogP contribution in [0.1, 0.15) is 6.92 Å². The van der Waals surface area contributed by atoms with Gasteiger partial charge in [-0.15, -0.1) is 0 Å². The third kappa shape index (κ3) is 2.12. The molecule has 0 amide bonds. The summed E-state index contributed by atoms with van der Waals surface area (Å²) in [6.07, 6.45) is 0. The average Bonchev–Trinajstić information content (AvgIpc) is 2.57. The Kier molecular flexibility index (Phi) is 3.27. The first kappa shape index (κ1) is 10.3. The van der Waals surface area contributed by atoms with Gasteiger partial charge < -0.3 is 15.4 Å². The van der Waals surface area contributed by atoms with Crippen LogP contribution in [0.4, 0.5) is 0 Å². The Morgan fingerprint density at radius 3 is 2.57 bits per heavy atom. The van der Waals surface area contributed by atoms with Gasteiger partial charge in [0.25, 0.3) is 0 Å². The highest BCUT2D eigenvalue weighted by molar-refractivity contribution is 5.86. The standard InChI is InChI=1S/C7H11N3O4/c1-2-14-7(11)5(10(12)13)6-8-3-4-9-6/h8-9H,2-4H2,1H3. The van der Waals surface area contributed by atoms with Crippen LogP contribution >= 0.6 is 0 Å². The number of nitro groups is 1. The zero-order valence-corrected chi connectivity index (χ0v) is 7.70. The van der Waals surface area contributed by atoms with Crippen molar-refractivity contribution >= 4 is 5.97 Å². The van der Waals surface area contributed by atoms with Crippen molar-refractivity contribution in [2.24, 2.45) is 0 Å². The third-order valence-electron chi connectivity index (χ3n) is 1.62. The molecule has 0 unspecified atom stereocenters. The number of carbonyl (C=O) groups excluding carboxylic acids is 1. The maximum Gasteiger partial charge on any atom is 0.413 e. The van der Waals surface area contributed by atoms with Crippen LogP contribution in [0.5, 0.6) is 0 Å². The van der Waals surface area contributed by atoms with Crippen LogP contribution in [0.3, 0.4) is 0 Å². The fourth-order valence-electron chi connectivity index (χ4n) is 1.07. The van der Waals surface area contributed by atoms with Crippen LogP contribution in [0, 0.1) is 10.1 Å². The Hall–Kier alpha value is -1.79. The van der Waals surface area contributed by atoms with Crippen molar-refractivity contribution in [1.82, 2.24) is 10.6 Å². The van der Waals surface area contributed by atoms with Crippen LogP contribution in [0.2, 0.25) is 0 Å². The van der Waals surface area contributed by atoms with Crippen molar-refractivity contribution in [1.29, 1.82) is 0 Å². The van der Waals surface area contributed by atoms with Gasteiger partial charge in [0.2, 0.25) is 0 Å². The molecule has 0 aromatic carbocycles. The molecule has 1 heterocycles. The molecule has 0 atom stereocenters. The summed E-state index contributed by atoms with van der Waals surface area (Å²) in [4.78, 5) is 21.0. The van der Waals surface area contributed by atoms with Crippen LogP contribution in [-0.2, 0) is 9.53 Å². The van der Waals surface area contributed by atoms with E-state index in [9.17, 15) is 14.9 Å². The predicted molar refractivity (Wildman–Crippen MR) is 46.7 cm³/mol. The second-order valence-electron chi connectivity index (χ2n) is 2.55. The first-order valence-corrected chi connectivity index (χ1v) is 4.20. The molecule has 7 heteroatoms. The minimum absolute atomic E-state index is 0.115. The van der Waals surface area contributed by atoms with Gasteiger partial charge in [-0.3, -0.25) is 10.1 Å². The molecule has 0 saturated carbocycles. The highest BCUT2D eigenvalue weighted by Gasteiger charge is 2.30. The molecule has 0 aromatic heterocycles. The maximum atomic E-state index is 11.2. The van der Waals surface area contributed by atoms with E-state index < -0.39 is 16.6 Å². The van der Waals surface area contributed by atoms with Crippen molar-refractivity contribution in [2.75, 3.05) is 19.7 Å². The van der Waals surface area contributed by atoms with E-state index >= 15 is 0 Å². The minimum atomic E-state index is -0.922. The second-order valence-corrected chi connectivity index (χ2v) is 2.55. The van der Waals surface area contributed by atoms with Crippen molar-refractivity contribution < 1.29 is 14.5 Å². The molecule has 78 valence electrons. The van der Waals surface area contributed by atoms with Gasteiger partial charge in [0, 0.05) is 13.1 Å². The number of hydrogen-bond donors (Lipinski definition) is 2. The lowest BCUT2D eigenvalue weighted by atomic mass is 10.4. The Morgan fingerprint density at radius 2 is 2.14 bits per heavy atom. The van der Waals surface area contributed by atoms with E-state index in [0.29, 0.717) is 13.1 Å². The molecule has 1 rings (SSSR count). The molecule has 14 heavy (non-hydrogen) atoms. The molecule has 2 N–H and O–H groups in total. The number of esters is 1. The Morgan fingerprint density at radius 1 is 1.57 bits per heavy atom. The van der Waals surface area contributed by atoms with Crippen molar-refractivity contribution in [3.63, 3.8) is 0 Å². The van der Waals surface area contributed by atoms with Gasteiger partial charge in [0.15, 0.2) is 5.82 Å². The monoisotopic (exact) mass is 201 g/mol. The normalized spacial score (nSPS) is 14.2. The average molecular weight is 201 g/mol. The number of nitrogens with one attached hydrogen (secondary N) is 2. The SMILES string of the molecule is CCOC(=O)C(=C1NCCN1)[N+](=O)[O-]. The lowest BCUT2D eigenvalue weighted by Gasteiger charge is -2.02. The molecule has 0 spiro atoms. The Balaban J connectivity index is 2.88. The van der Waals surface area contributed by atoms with Crippen molar-refractivity contribution in [3.05, 3.63) is 21.6 Å². The van der Waals surface area contributed by atoms with Gasteiger partial charge in [0.05, 0.1) is 11.5 Å². The van der Waals surface area contributed by atoms with E-state index in [1.807, 2.05) is 0 Å². The summed E-state index contributed by atoms with van der Waals surface area (Å²) in [6, 6.07) is 0. The fourth-order valence-corrected chi connectivity index (χ4v) is 1.07. The molecule has 1 aliphatic heterocycles. The van der Waals surface area contributed by atoms with Gasteiger partial charge in [-0.25, -0.2) is 4.79 Å². The van der Waals surface area contributed by atoms with Crippen LogP contribution in [0.15, 0.2) is 11.5 Å². The summed E-state index contributed by atoms with van der Waals surface area (Å²) >= 11 is 0. The van der Waals surface area contributed by atoms with Gasteiger partial charge in [-0.05, 0) is 6.92 Å². The maximum absolute atomic E-state index is 11.2. The van der Waals surface area contributed by atoms with Crippen LogP contribution in [-0.4, -0.2) is 30.6 Å². The van der Waals surface area contributed by atoms with E-state index in [2.05, 4.69) is 15.4 Å². The molecule has 0 bridgehead atoms. The molecule has 7 nitrogen and oxygen atoms in total. The smallest absolute Gasteiger partial charge is 0.413 e. The summed E-state index contributed by atoms with van der Waals surface area (Å²) in [5.74, 6) is -0.789. The first-order valence-electron chi connectivity index (χ1n) is 4.20. The number of nitrogens with zero attached hydrogens (tertiary/aromatic N) is 1. The van der Waals surface area contributed by atoms with E-state index in [4.69, 9.17) is 0 Å². The van der Waals surface area contributed by atoms with Gasteiger partial charge in [-0.2, -0.15) is 0 Å². The van der Waals surface area contributed by atoms with Gasteiger partial charge in [-0.1, -0.05) is 0 Å². The first-order chi connectivity index (χ1) is 6.66. The van der Waals surface area contributed by atoms with E-state index in [-0.39, 0.29) is 12.4 Å². The quantitative estimate of drug-likeness (QED) is 0.268. The third-order valence-corrected chi connectivity index (χ3v) is 1.62. The number of rotatable bonds is 3. The van der Waals surface area contributed by atoms with E-state index in [1.54, 1.807) is 6.92 Å². The summed E-state index contributed by atoms with van der Waals surface area (Å²) in [5, 5.41) is 16.0. The molecule has 0 radical (unpaired) electrons. The molecular formula is C7H11N3O4. The highest BCUT2D eigenvalue weighted by Crippen LogP contribution is 2.05. The Labute approximate surface area is 80.3 Å². The zero-order valence-electron chi connectivity index (χ0n) is 7.70. The Bertz CT molecular complexity index is 279. The molecular weight excluding hydrogens is 190 g/mol. The summed E-state index contributed by atoms with van der Waals surface area (Å²) in [5.41, 5.74) is -0.565. The molecule has 0 aromatic rings. The minimum Gasteiger partial charge on any atom is -0.458 e. The summed E-state index contributed by atoms with van der Waals surface area (Å²) < 4.78 is 4.56. The second kappa shape index (κ2) is 4.45. The fraction of sp³-hybridized carbons (Fsp3) is 0.571. The largest absolute Gasteiger partial charge is 0.458 e. The molecule has 1 saturated heterocycles. The highest BCUT2D eigenvalue weighted by atomic mass is 16.6. The zero-order chi connectivity index (χ0) is 10.6. The molecule has 0 aliphatic carbocycles. The van der Waals surface area contributed by atoms with Crippen molar-refractivity contribution in [2.45, 2.75) is 6.92 Å². The summed E-state index contributed by atoms with van der Waals surface area (Å²) in [6.45, 7) is 2.83. The molecule has 1 aliphatic rings. The van der Waals surface area contributed by atoms with Crippen LogP contribution in [0.25, 0.3) is 0 Å². The number of carbonyl (C=O) groups is 1. The lowest BCUT2D eigenvalue weighted by molar-refractivity contribution is -0.423. The lowest BCUT2D eigenvalue weighted by Crippen LogP contribution is -2.24.